The fourth-order valence-corrected chi connectivity index (χ4v) is 2.29. The van der Waals surface area contributed by atoms with Gasteiger partial charge >= 0.3 is 0 Å². The summed E-state index contributed by atoms with van der Waals surface area (Å²) < 4.78 is 5.77. The highest BCUT2D eigenvalue weighted by Crippen LogP contribution is 2.35. The summed E-state index contributed by atoms with van der Waals surface area (Å²) in [5.41, 5.74) is 3.28. The van der Waals surface area contributed by atoms with Crippen LogP contribution in [-0.2, 0) is 17.6 Å². The van der Waals surface area contributed by atoms with Gasteiger partial charge in [0.05, 0.1) is 0 Å². The molecule has 0 saturated heterocycles. The fourth-order valence-electron chi connectivity index (χ4n) is 2.29. The number of rotatable bonds is 3. The zero-order valence-corrected chi connectivity index (χ0v) is 10.8. The van der Waals surface area contributed by atoms with Crippen molar-refractivity contribution < 1.29 is 9.53 Å². The first-order valence-electron chi connectivity index (χ1n) is 6.51. The van der Waals surface area contributed by atoms with E-state index in [0.717, 1.165) is 28.9 Å². The van der Waals surface area contributed by atoms with Gasteiger partial charge in [0.2, 0.25) is 5.88 Å². The molecule has 3 rings (SSSR count). The number of nitrogens with zero attached hydrogens (tertiary/aromatic N) is 1. The smallest absolute Gasteiger partial charge is 0.222 e. The number of benzene rings is 1. The largest absolute Gasteiger partial charge is 0.438 e. The number of fused-ring (bicyclic) bond motifs is 2. The number of hydrogen-bond donors (Lipinski definition) is 0. The van der Waals surface area contributed by atoms with Crippen molar-refractivity contribution in [3.05, 3.63) is 53.2 Å². The molecule has 0 amide bonds. The van der Waals surface area contributed by atoms with Gasteiger partial charge in [-0.3, -0.25) is 4.79 Å². The van der Waals surface area contributed by atoms with Crippen molar-refractivity contribution in [2.24, 2.45) is 0 Å². The highest BCUT2D eigenvalue weighted by atomic mass is 16.5. The van der Waals surface area contributed by atoms with E-state index >= 15 is 0 Å². The lowest BCUT2D eigenvalue weighted by molar-refractivity contribution is -0.118. The van der Waals surface area contributed by atoms with Crippen LogP contribution in [0.25, 0.3) is 0 Å². The van der Waals surface area contributed by atoms with Gasteiger partial charge in [-0.25, -0.2) is 4.98 Å². The average Bonchev–Trinajstić information content (AvgIpc) is 2.45. The van der Waals surface area contributed by atoms with E-state index in [1.165, 1.54) is 0 Å². The summed E-state index contributed by atoms with van der Waals surface area (Å²) in [5.74, 6) is 1.80. The lowest BCUT2D eigenvalue weighted by Gasteiger charge is -2.19. The number of carbonyl (C=O) groups excluding carboxylic acids is 1. The van der Waals surface area contributed by atoms with Crippen molar-refractivity contribution in [2.45, 2.75) is 26.2 Å². The molecule has 0 spiro atoms. The van der Waals surface area contributed by atoms with Crippen LogP contribution in [0, 0.1) is 0 Å². The first kappa shape index (κ1) is 11.9. The molecule has 96 valence electrons. The van der Waals surface area contributed by atoms with Crippen LogP contribution in [-0.4, -0.2) is 10.8 Å². The summed E-state index contributed by atoms with van der Waals surface area (Å²) in [5, 5.41) is 0. The van der Waals surface area contributed by atoms with Crippen molar-refractivity contribution in [3.63, 3.8) is 0 Å². The number of Topliss-reactive ketones (excluding diaryl/α,β-unsaturated/α-hetero) is 1. The Morgan fingerprint density at radius 3 is 3.05 bits per heavy atom. The first-order valence-corrected chi connectivity index (χ1v) is 6.51. The topological polar surface area (TPSA) is 39.2 Å². The molecule has 2 heterocycles. The number of pyridine rings is 1. The van der Waals surface area contributed by atoms with Crippen LogP contribution in [0.1, 0.15) is 30.0 Å². The third kappa shape index (κ3) is 2.36. The normalized spacial score (nSPS) is 12.3. The van der Waals surface area contributed by atoms with Gasteiger partial charge < -0.3 is 4.74 Å². The molecule has 0 unspecified atom stereocenters. The molecule has 2 aromatic rings. The van der Waals surface area contributed by atoms with Gasteiger partial charge in [-0.15, -0.1) is 0 Å². The minimum absolute atomic E-state index is 0.263. The Bertz CT molecular complexity index is 634. The van der Waals surface area contributed by atoms with Crippen LogP contribution in [0.3, 0.4) is 0 Å². The first-order chi connectivity index (χ1) is 9.26. The van der Waals surface area contributed by atoms with E-state index in [1.54, 1.807) is 6.20 Å². The van der Waals surface area contributed by atoms with Crippen LogP contribution in [0.2, 0.25) is 0 Å². The minimum Gasteiger partial charge on any atom is -0.438 e. The maximum atomic E-state index is 11.5. The molecule has 1 aliphatic heterocycles. The number of hydrogen-bond acceptors (Lipinski definition) is 3. The van der Waals surface area contributed by atoms with Gasteiger partial charge in [0.15, 0.2) is 0 Å². The van der Waals surface area contributed by atoms with Gasteiger partial charge in [0, 0.05) is 31.0 Å². The maximum absolute atomic E-state index is 11.5. The van der Waals surface area contributed by atoms with Gasteiger partial charge in [-0.1, -0.05) is 25.1 Å². The third-order valence-corrected chi connectivity index (χ3v) is 3.36. The van der Waals surface area contributed by atoms with E-state index in [2.05, 4.69) is 11.1 Å². The molecule has 3 heteroatoms. The molecule has 0 aliphatic carbocycles. The second-order valence-corrected chi connectivity index (χ2v) is 4.76. The molecule has 1 aromatic heterocycles. The van der Waals surface area contributed by atoms with Crippen molar-refractivity contribution >= 4 is 5.78 Å². The van der Waals surface area contributed by atoms with Crippen LogP contribution < -0.4 is 4.74 Å². The molecule has 0 saturated carbocycles. The Labute approximate surface area is 112 Å². The zero-order valence-electron chi connectivity index (χ0n) is 10.8. The van der Waals surface area contributed by atoms with Crippen molar-refractivity contribution in [1.82, 2.24) is 4.98 Å². The van der Waals surface area contributed by atoms with Crippen molar-refractivity contribution in [2.75, 3.05) is 0 Å². The Balaban J connectivity index is 1.90. The standard InChI is InChI=1S/C16H15NO2/c1-2-14(18)9-11-5-6-15-13(8-11)10-12-4-3-7-17-16(12)19-15/h3-8H,2,9-10H2,1H3. The van der Waals surface area contributed by atoms with Gasteiger partial charge in [-0.2, -0.15) is 0 Å². The predicted octanol–water partition coefficient (Wildman–Crippen LogP) is 3.30. The summed E-state index contributed by atoms with van der Waals surface area (Å²) in [6.45, 7) is 1.89. The Morgan fingerprint density at radius 1 is 1.32 bits per heavy atom. The molecule has 1 aliphatic rings. The SMILES string of the molecule is CCC(=O)Cc1ccc2c(c1)Cc1cccnc1O2. The molecule has 3 nitrogen and oxygen atoms in total. The quantitative estimate of drug-likeness (QED) is 0.719. The number of carbonyl (C=O) groups is 1. The monoisotopic (exact) mass is 253 g/mol. The highest BCUT2D eigenvalue weighted by molar-refractivity contribution is 5.80. The molecule has 19 heavy (non-hydrogen) atoms. The predicted molar refractivity (Wildman–Crippen MR) is 72.6 cm³/mol. The van der Waals surface area contributed by atoms with E-state index in [-0.39, 0.29) is 5.78 Å². The number of aromatic nitrogens is 1. The van der Waals surface area contributed by atoms with Gasteiger partial charge in [0.1, 0.15) is 11.5 Å². The maximum Gasteiger partial charge on any atom is 0.222 e. The van der Waals surface area contributed by atoms with Crippen LogP contribution >= 0.6 is 0 Å². The molecular formula is C16H15NO2. The number of ketones is 1. The molecule has 0 N–H and O–H groups in total. The molecule has 0 bridgehead atoms. The minimum atomic E-state index is 0.263. The summed E-state index contributed by atoms with van der Waals surface area (Å²) >= 11 is 0. The zero-order chi connectivity index (χ0) is 13.2. The summed E-state index contributed by atoms with van der Waals surface area (Å²) in [7, 11) is 0. The van der Waals surface area contributed by atoms with Crippen LogP contribution in [0.4, 0.5) is 0 Å². The van der Waals surface area contributed by atoms with Gasteiger partial charge in [0.25, 0.3) is 0 Å². The Morgan fingerprint density at radius 2 is 2.21 bits per heavy atom. The average molecular weight is 253 g/mol. The molecule has 1 aromatic carbocycles. The third-order valence-electron chi connectivity index (χ3n) is 3.36. The van der Waals surface area contributed by atoms with Crippen molar-refractivity contribution in [1.29, 1.82) is 0 Å². The van der Waals surface area contributed by atoms with Crippen LogP contribution in [0.5, 0.6) is 11.6 Å². The van der Waals surface area contributed by atoms with Crippen molar-refractivity contribution in [3.8, 4) is 11.6 Å². The summed E-state index contributed by atoms with van der Waals surface area (Å²) in [4.78, 5) is 15.7. The Kier molecular flexibility index (Phi) is 3.03. The molecule has 0 radical (unpaired) electrons. The highest BCUT2D eigenvalue weighted by Gasteiger charge is 2.18. The van der Waals surface area contributed by atoms with E-state index in [0.29, 0.717) is 18.7 Å². The molecule has 0 fully saturated rings. The van der Waals surface area contributed by atoms with Crippen LogP contribution in [0.15, 0.2) is 36.5 Å². The second kappa shape index (κ2) is 4.84. The van der Waals surface area contributed by atoms with E-state index in [9.17, 15) is 4.79 Å². The lowest BCUT2D eigenvalue weighted by Crippen LogP contribution is -2.06. The summed E-state index contributed by atoms with van der Waals surface area (Å²) in [6.07, 6.45) is 3.63. The molecule has 0 atom stereocenters. The van der Waals surface area contributed by atoms with E-state index < -0.39 is 0 Å². The summed E-state index contributed by atoms with van der Waals surface area (Å²) in [6, 6.07) is 9.90. The Hall–Kier alpha value is -2.16. The fraction of sp³-hybridized carbons (Fsp3) is 0.250. The lowest BCUT2D eigenvalue weighted by atomic mass is 9.98. The molecular weight excluding hydrogens is 238 g/mol. The van der Waals surface area contributed by atoms with E-state index in [1.807, 2.05) is 31.2 Å². The number of ether oxygens (including phenoxy) is 1. The van der Waals surface area contributed by atoms with E-state index in [4.69, 9.17) is 4.74 Å². The second-order valence-electron chi connectivity index (χ2n) is 4.76. The van der Waals surface area contributed by atoms with Gasteiger partial charge in [-0.05, 0) is 23.3 Å².